The number of esters is 1. The lowest BCUT2D eigenvalue weighted by Crippen LogP contribution is -2.58. The molecule has 4 atom stereocenters. The fourth-order valence-electron chi connectivity index (χ4n) is 5.18. The normalized spacial score (nSPS) is 27.5. The zero-order valence-corrected chi connectivity index (χ0v) is 18.1. The number of hydrogen-bond donors (Lipinski definition) is 1. The lowest BCUT2D eigenvalue weighted by atomic mass is 9.76. The van der Waals surface area contributed by atoms with Crippen LogP contribution in [0.3, 0.4) is 0 Å². The summed E-state index contributed by atoms with van der Waals surface area (Å²) in [5.74, 6) is -2.47. The van der Waals surface area contributed by atoms with Crippen molar-refractivity contribution < 1.29 is 19.1 Å². The molecule has 0 saturated carbocycles. The molecule has 6 nitrogen and oxygen atoms in total. The van der Waals surface area contributed by atoms with E-state index in [4.69, 9.17) is 4.74 Å². The van der Waals surface area contributed by atoms with Crippen LogP contribution in [0.25, 0.3) is 0 Å². The van der Waals surface area contributed by atoms with Crippen molar-refractivity contribution >= 4 is 17.8 Å². The number of carbonyl (C=O) groups is 3. The molecular weight excluding hydrogens is 392 g/mol. The predicted octanol–water partition coefficient (Wildman–Crippen LogP) is 2.81. The van der Waals surface area contributed by atoms with Gasteiger partial charge in [0.2, 0.25) is 11.8 Å². The number of imide groups is 1. The van der Waals surface area contributed by atoms with E-state index in [9.17, 15) is 14.4 Å². The molecule has 2 aliphatic rings. The highest BCUT2D eigenvalue weighted by Crippen LogP contribution is 2.50. The van der Waals surface area contributed by atoms with Gasteiger partial charge in [0.25, 0.3) is 0 Å². The van der Waals surface area contributed by atoms with Crippen LogP contribution in [0, 0.1) is 18.8 Å². The second-order valence-electron chi connectivity index (χ2n) is 8.26. The van der Waals surface area contributed by atoms with Crippen molar-refractivity contribution in [2.45, 2.75) is 38.8 Å². The molecule has 0 spiro atoms. The molecule has 2 aromatic carbocycles. The summed E-state index contributed by atoms with van der Waals surface area (Å²) in [6.07, 6.45) is 0.271. The third-order valence-electron chi connectivity index (χ3n) is 6.55. The van der Waals surface area contributed by atoms with Gasteiger partial charge in [0.05, 0.1) is 18.4 Å². The summed E-state index contributed by atoms with van der Waals surface area (Å²) in [4.78, 5) is 41.6. The van der Waals surface area contributed by atoms with E-state index in [2.05, 4.69) is 5.32 Å². The van der Waals surface area contributed by atoms with Crippen LogP contribution >= 0.6 is 0 Å². The van der Waals surface area contributed by atoms with Gasteiger partial charge in [0.1, 0.15) is 5.54 Å². The largest absolute Gasteiger partial charge is 0.465 e. The Balaban J connectivity index is 1.89. The van der Waals surface area contributed by atoms with Crippen LogP contribution in [-0.2, 0) is 25.5 Å². The Labute approximate surface area is 182 Å². The third-order valence-corrected chi connectivity index (χ3v) is 6.55. The molecule has 0 aromatic heterocycles. The summed E-state index contributed by atoms with van der Waals surface area (Å²) in [7, 11) is 0. The van der Waals surface area contributed by atoms with Crippen LogP contribution in [0.2, 0.25) is 0 Å². The van der Waals surface area contributed by atoms with Crippen LogP contribution in [0.5, 0.6) is 0 Å². The fraction of sp³-hybridized carbons (Fsp3) is 0.400. The van der Waals surface area contributed by atoms with Gasteiger partial charge in [-0.3, -0.25) is 24.6 Å². The smallest absolute Gasteiger partial charge is 0.327 e. The predicted molar refractivity (Wildman–Crippen MR) is 116 cm³/mol. The van der Waals surface area contributed by atoms with E-state index in [1.54, 1.807) is 13.8 Å². The van der Waals surface area contributed by atoms with Crippen molar-refractivity contribution in [3.63, 3.8) is 0 Å². The number of rotatable bonds is 6. The number of nitrogens with zero attached hydrogens (tertiary/aromatic N) is 1. The summed E-state index contributed by atoms with van der Waals surface area (Å²) in [6.45, 7) is 6.00. The standard InChI is InChI=1S/C25H28N2O4/c1-4-27-22(28)19-20(23(27)29)25(24(30)31-5-2,15-17-12-7-6-8-13-17)26-21(19)18-14-10-9-11-16(18)3/h6-14,19-21,26H,4-5,15H2,1-3H3/t19-,20+,21-,25-/m1/s1. The van der Waals surface area contributed by atoms with E-state index >= 15 is 0 Å². The third kappa shape index (κ3) is 3.35. The molecule has 0 bridgehead atoms. The number of ether oxygens (including phenoxy) is 1. The fourth-order valence-corrected chi connectivity index (χ4v) is 5.18. The Morgan fingerprint density at radius 2 is 1.71 bits per heavy atom. The first-order valence-corrected chi connectivity index (χ1v) is 10.8. The van der Waals surface area contributed by atoms with Gasteiger partial charge in [-0.15, -0.1) is 0 Å². The van der Waals surface area contributed by atoms with Gasteiger partial charge in [-0.2, -0.15) is 0 Å². The van der Waals surface area contributed by atoms with E-state index in [0.717, 1.165) is 16.7 Å². The topological polar surface area (TPSA) is 75.7 Å². The minimum Gasteiger partial charge on any atom is -0.465 e. The maximum atomic E-state index is 13.5. The quantitative estimate of drug-likeness (QED) is 0.575. The van der Waals surface area contributed by atoms with E-state index in [1.807, 2.05) is 61.5 Å². The van der Waals surface area contributed by atoms with Gasteiger partial charge >= 0.3 is 5.97 Å². The van der Waals surface area contributed by atoms with Crippen LogP contribution in [0.15, 0.2) is 54.6 Å². The molecule has 2 heterocycles. The number of amides is 2. The molecule has 1 N–H and O–H groups in total. The average Bonchev–Trinajstić information content (AvgIpc) is 3.23. The number of hydrogen-bond acceptors (Lipinski definition) is 5. The van der Waals surface area contributed by atoms with Crippen molar-refractivity contribution in [3.8, 4) is 0 Å². The van der Waals surface area contributed by atoms with Gasteiger partial charge < -0.3 is 4.74 Å². The number of fused-ring (bicyclic) bond motifs is 1. The Morgan fingerprint density at radius 1 is 1.03 bits per heavy atom. The molecule has 2 aromatic rings. The molecule has 162 valence electrons. The first-order valence-electron chi connectivity index (χ1n) is 10.8. The first kappa shape index (κ1) is 21.2. The van der Waals surface area contributed by atoms with E-state index < -0.39 is 29.4 Å². The van der Waals surface area contributed by atoms with Crippen LogP contribution in [0.4, 0.5) is 0 Å². The van der Waals surface area contributed by atoms with E-state index in [-0.39, 0.29) is 31.4 Å². The molecule has 2 fully saturated rings. The maximum Gasteiger partial charge on any atom is 0.327 e. The Kier molecular flexibility index (Phi) is 5.67. The van der Waals surface area contributed by atoms with E-state index in [0.29, 0.717) is 0 Å². The minimum absolute atomic E-state index is 0.198. The van der Waals surface area contributed by atoms with Gasteiger partial charge in [-0.05, 0) is 37.5 Å². The number of carbonyl (C=O) groups excluding carboxylic acids is 3. The Bertz CT molecular complexity index is 1010. The SMILES string of the molecule is CCOC(=O)[C@]1(Cc2ccccc2)N[C@H](c2ccccc2C)[C@@H]2C(=O)N(CC)C(=O)[C@H]21. The van der Waals surface area contributed by atoms with Crippen molar-refractivity contribution in [3.05, 3.63) is 71.3 Å². The summed E-state index contributed by atoms with van der Waals surface area (Å²) < 4.78 is 5.49. The molecule has 6 heteroatoms. The number of nitrogens with one attached hydrogen (secondary N) is 1. The van der Waals surface area contributed by atoms with Crippen LogP contribution < -0.4 is 5.32 Å². The van der Waals surface area contributed by atoms with Gasteiger partial charge in [-0.1, -0.05) is 54.6 Å². The molecule has 0 unspecified atom stereocenters. The summed E-state index contributed by atoms with van der Waals surface area (Å²) in [5, 5.41) is 3.46. The molecule has 4 rings (SSSR count). The molecule has 2 amide bonds. The Morgan fingerprint density at radius 3 is 2.35 bits per heavy atom. The summed E-state index contributed by atoms with van der Waals surface area (Å²) in [6, 6.07) is 16.9. The first-order chi connectivity index (χ1) is 14.9. The van der Waals surface area contributed by atoms with E-state index in [1.165, 1.54) is 4.90 Å². The highest BCUT2D eigenvalue weighted by atomic mass is 16.5. The monoisotopic (exact) mass is 420 g/mol. The number of aryl methyl sites for hydroxylation is 1. The van der Waals surface area contributed by atoms with Crippen LogP contribution in [-0.4, -0.2) is 41.4 Å². The maximum absolute atomic E-state index is 13.5. The molecule has 2 aliphatic heterocycles. The Hall–Kier alpha value is -2.99. The highest BCUT2D eigenvalue weighted by Gasteiger charge is 2.68. The number of benzene rings is 2. The molecule has 0 radical (unpaired) electrons. The van der Waals surface area contributed by atoms with Gasteiger partial charge in [0, 0.05) is 19.0 Å². The molecule has 31 heavy (non-hydrogen) atoms. The van der Waals surface area contributed by atoms with Crippen molar-refractivity contribution in [1.82, 2.24) is 10.2 Å². The summed E-state index contributed by atoms with van der Waals surface area (Å²) >= 11 is 0. The van der Waals surface area contributed by atoms with Crippen LogP contribution in [0.1, 0.15) is 36.6 Å². The molecule has 0 aliphatic carbocycles. The van der Waals surface area contributed by atoms with Crippen molar-refractivity contribution in [2.75, 3.05) is 13.2 Å². The van der Waals surface area contributed by atoms with Gasteiger partial charge in [0.15, 0.2) is 0 Å². The minimum atomic E-state index is -1.31. The average molecular weight is 421 g/mol. The van der Waals surface area contributed by atoms with Gasteiger partial charge in [-0.25, -0.2) is 0 Å². The van der Waals surface area contributed by atoms with Crippen molar-refractivity contribution in [1.29, 1.82) is 0 Å². The lowest BCUT2D eigenvalue weighted by Gasteiger charge is -2.33. The zero-order valence-electron chi connectivity index (χ0n) is 18.1. The second kappa shape index (κ2) is 8.27. The summed E-state index contributed by atoms with van der Waals surface area (Å²) in [5.41, 5.74) is 1.53. The lowest BCUT2D eigenvalue weighted by molar-refractivity contribution is -0.156. The molecular formula is C25H28N2O4. The zero-order chi connectivity index (χ0) is 22.2. The molecule has 2 saturated heterocycles. The van der Waals surface area contributed by atoms with Crippen molar-refractivity contribution in [2.24, 2.45) is 11.8 Å². The highest BCUT2D eigenvalue weighted by molar-refractivity contribution is 6.09. The number of likely N-dealkylation sites (tertiary alicyclic amines) is 1. The second-order valence-corrected chi connectivity index (χ2v) is 8.26.